The van der Waals surface area contributed by atoms with Gasteiger partial charge < -0.3 is 14.8 Å². The Morgan fingerprint density at radius 2 is 2.12 bits per heavy atom. The fraction of sp³-hybridized carbons (Fsp3) is 0.611. The second-order valence-corrected chi connectivity index (χ2v) is 8.54. The maximum atomic E-state index is 12.7. The first kappa shape index (κ1) is 16.4. The number of halogens is 1. The summed E-state index contributed by atoms with van der Waals surface area (Å²) in [6.45, 7) is 5.50. The third-order valence-electron chi connectivity index (χ3n) is 5.47. The second-order valence-electron chi connectivity index (χ2n) is 7.63. The standard InChI is InChI=1S/C18H23BrN2O3/c1-17(2)8-11(5-6-23-17)15-9-18(16(22)20-10-21-18)13-7-12(19)3-4-14(13)24-15/h3-4,7,11,15,21H,5-6,8-10H2,1-2H3,(H,20,22). The molecule has 5 nitrogen and oxygen atoms in total. The van der Waals surface area contributed by atoms with Crippen LogP contribution in [0, 0.1) is 5.92 Å². The van der Waals surface area contributed by atoms with E-state index in [-0.39, 0.29) is 17.6 Å². The lowest BCUT2D eigenvalue weighted by molar-refractivity contribution is -0.128. The summed E-state index contributed by atoms with van der Waals surface area (Å²) in [6.07, 6.45) is 2.58. The molecule has 0 radical (unpaired) electrons. The Labute approximate surface area is 150 Å². The van der Waals surface area contributed by atoms with E-state index in [1.54, 1.807) is 0 Å². The van der Waals surface area contributed by atoms with Crippen LogP contribution in [0.4, 0.5) is 0 Å². The predicted molar refractivity (Wildman–Crippen MR) is 93.8 cm³/mol. The summed E-state index contributed by atoms with van der Waals surface area (Å²) in [5.74, 6) is 1.24. The van der Waals surface area contributed by atoms with Gasteiger partial charge in [0, 0.05) is 29.0 Å². The van der Waals surface area contributed by atoms with E-state index in [1.807, 2.05) is 18.2 Å². The number of carbonyl (C=O) groups excluding carboxylic acids is 1. The highest BCUT2D eigenvalue weighted by Gasteiger charge is 2.52. The van der Waals surface area contributed by atoms with E-state index in [9.17, 15) is 4.79 Å². The lowest BCUT2D eigenvalue weighted by Crippen LogP contribution is -2.53. The van der Waals surface area contributed by atoms with Gasteiger partial charge in [0.2, 0.25) is 5.91 Å². The summed E-state index contributed by atoms with van der Waals surface area (Å²) in [7, 11) is 0. The molecule has 1 aromatic carbocycles. The van der Waals surface area contributed by atoms with Crippen LogP contribution in [0.25, 0.3) is 0 Å². The predicted octanol–water partition coefficient (Wildman–Crippen LogP) is 2.68. The minimum Gasteiger partial charge on any atom is -0.490 e. The lowest BCUT2D eigenvalue weighted by Gasteiger charge is -2.44. The van der Waals surface area contributed by atoms with Gasteiger partial charge in [0.05, 0.1) is 12.3 Å². The van der Waals surface area contributed by atoms with Gasteiger partial charge in [-0.25, -0.2) is 0 Å². The number of benzene rings is 1. The first-order valence-corrected chi connectivity index (χ1v) is 9.33. The van der Waals surface area contributed by atoms with Crippen molar-refractivity contribution >= 4 is 21.8 Å². The van der Waals surface area contributed by atoms with Crippen LogP contribution >= 0.6 is 15.9 Å². The molecule has 3 aliphatic heterocycles. The normalized spacial score (nSPS) is 34.5. The average Bonchev–Trinajstić information content (AvgIpc) is 2.88. The highest BCUT2D eigenvalue weighted by Crippen LogP contribution is 2.46. The van der Waals surface area contributed by atoms with Crippen molar-refractivity contribution in [2.24, 2.45) is 5.92 Å². The van der Waals surface area contributed by atoms with Gasteiger partial charge in [-0.1, -0.05) is 15.9 Å². The Bertz CT molecular complexity index is 678. The molecule has 3 unspecified atom stereocenters. The number of nitrogens with one attached hydrogen (secondary N) is 2. The van der Waals surface area contributed by atoms with Gasteiger partial charge in [-0.05, 0) is 44.9 Å². The fourth-order valence-corrected chi connectivity index (χ4v) is 4.66. The van der Waals surface area contributed by atoms with Gasteiger partial charge in [0.25, 0.3) is 0 Å². The zero-order valence-corrected chi connectivity index (χ0v) is 15.6. The van der Waals surface area contributed by atoms with Gasteiger partial charge in [0.15, 0.2) is 0 Å². The van der Waals surface area contributed by atoms with Crippen molar-refractivity contribution < 1.29 is 14.3 Å². The number of hydrogen-bond acceptors (Lipinski definition) is 4. The highest BCUT2D eigenvalue weighted by molar-refractivity contribution is 9.10. The molecule has 2 fully saturated rings. The van der Waals surface area contributed by atoms with Gasteiger partial charge in [-0.2, -0.15) is 0 Å². The smallest absolute Gasteiger partial charge is 0.246 e. The molecule has 0 bridgehead atoms. The summed E-state index contributed by atoms with van der Waals surface area (Å²) in [4.78, 5) is 12.7. The lowest BCUT2D eigenvalue weighted by atomic mass is 9.75. The van der Waals surface area contributed by atoms with E-state index in [0.717, 1.165) is 35.2 Å². The van der Waals surface area contributed by atoms with Crippen molar-refractivity contribution in [3.63, 3.8) is 0 Å². The quantitative estimate of drug-likeness (QED) is 0.768. The van der Waals surface area contributed by atoms with Gasteiger partial charge in [-0.3, -0.25) is 10.1 Å². The van der Waals surface area contributed by atoms with Crippen molar-refractivity contribution in [2.75, 3.05) is 13.3 Å². The molecule has 1 amide bonds. The minimum atomic E-state index is -0.690. The summed E-state index contributed by atoms with van der Waals surface area (Å²) < 4.78 is 13.2. The molecule has 1 aromatic rings. The van der Waals surface area contributed by atoms with Gasteiger partial charge >= 0.3 is 0 Å². The molecule has 130 valence electrons. The molecule has 0 aliphatic carbocycles. The van der Waals surface area contributed by atoms with Crippen LogP contribution in [0.5, 0.6) is 5.75 Å². The largest absolute Gasteiger partial charge is 0.490 e. The molecule has 0 aromatic heterocycles. The molecular weight excluding hydrogens is 372 g/mol. The van der Waals surface area contributed by atoms with E-state index in [2.05, 4.69) is 40.4 Å². The molecule has 2 saturated heterocycles. The van der Waals surface area contributed by atoms with E-state index in [0.29, 0.717) is 19.0 Å². The van der Waals surface area contributed by atoms with Crippen LogP contribution in [0.1, 0.15) is 38.7 Å². The Hall–Kier alpha value is -1.11. The maximum absolute atomic E-state index is 12.7. The summed E-state index contributed by atoms with van der Waals surface area (Å²) in [6, 6.07) is 5.93. The van der Waals surface area contributed by atoms with Crippen LogP contribution < -0.4 is 15.4 Å². The molecule has 3 aliphatic rings. The van der Waals surface area contributed by atoms with E-state index in [4.69, 9.17) is 9.47 Å². The van der Waals surface area contributed by atoms with Crippen molar-refractivity contribution in [1.82, 2.24) is 10.6 Å². The summed E-state index contributed by atoms with van der Waals surface area (Å²) in [5, 5.41) is 6.34. The molecule has 0 saturated carbocycles. The zero-order chi connectivity index (χ0) is 16.9. The number of rotatable bonds is 1. The number of hydrogen-bond donors (Lipinski definition) is 2. The van der Waals surface area contributed by atoms with Gasteiger partial charge in [0.1, 0.15) is 17.4 Å². The number of fused-ring (bicyclic) bond motifs is 2. The van der Waals surface area contributed by atoms with Crippen molar-refractivity contribution in [2.45, 2.75) is 50.4 Å². The van der Waals surface area contributed by atoms with Crippen LogP contribution in [0.3, 0.4) is 0 Å². The van der Waals surface area contributed by atoms with Crippen molar-refractivity contribution in [1.29, 1.82) is 0 Å². The van der Waals surface area contributed by atoms with E-state index in [1.165, 1.54) is 0 Å². The van der Waals surface area contributed by atoms with Crippen molar-refractivity contribution in [3.05, 3.63) is 28.2 Å². The van der Waals surface area contributed by atoms with E-state index < -0.39 is 5.54 Å². The Kier molecular flexibility index (Phi) is 3.90. The van der Waals surface area contributed by atoms with Crippen LogP contribution in [-0.2, 0) is 15.1 Å². The monoisotopic (exact) mass is 394 g/mol. The minimum absolute atomic E-state index is 0.0122. The summed E-state index contributed by atoms with van der Waals surface area (Å²) >= 11 is 3.52. The van der Waals surface area contributed by atoms with Crippen LogP contribution in [0.15, 0.2) is 22.7 Å². The van der Waals surface area contributed by atoms with Crippen LogP contribution in [-0.4, -0.2) is 30.9 Å². The Balaban J connectivity index is 1.71. The fourth-order valence-electron chi connectivity index (χ4n) is 4.30. The SMILES string of the molecule is CC1(C)CC(C2CC3(NCNC3=O)c3cc(Br)ccc3O2)CCO1. The molecule has 24 heavy (non-hydrogen) atoms. The first-order valence-electron chi connectivity index (χ1n) is 8.54. The van der Waals surface area contributed by atoms with Gasteiger partial charge in [-0.15, -0.1) is 0 Å². The maximum Gasteiger partial charge on any atom is 0.246 e. The first-order chi connectivity index (χ1) is 11.4. The molecule has 3 heterocycles. The summed E-state index contributed by atoms with van der Waals surface area (Å²) in [5.41, 5.74) is 0.101. The molecule has 6 heteroatoms. The Morgan fingerprint density at radius 3 is 2.83 bits per heavy atom. The van der Waals surface area contributed by atoms with E-state index >= 15 is 0 Å². The molecule has 4 rings (SSSR count). The number of carbonyl (C=O) groups is 1. The van der Waals surface area contributed by atoms with Crippen molar-refractivity contribution in [3.8, 4) is 5.75 Å². The highest BCUT2D eigenvalue weighted by atomic mass is 79.9. The third kappa shape index (κ3) is 2.65. The van der Waals surface area contributed by atoms with Crippen LogP contribution in [0.2, 0.25) is 0 Å². The topological polar surface area (TPSA) is 59.6 Å². The zero-order valence-electron chi connectivity index (χ0n) is 14.0. The number of ether oxygens (including phenoxy) is 2. The Morgan fingerprint density at radius 1 is 1.29 bits per heavy atom. The molecule has 3 atom stereocenters. The second kappa shape index (κ2) is 5.71. The number of amides is 1. The molecular formula is C18H23BrN2O3. The average molecular weight is 395 g/mol. The molecule has 1 spiro atoms. The molecule has 2 N–H and O–H groups in total. The third-order valence-corrected chi connectivity index (χ3v) is 5.97.